The maximum atomic E-state index is 13.0. The predicted octanol–water partition coefficient (Wildman–Crippen LogP) is 3.29. The maximum Gasteiger partial charge on any atom is 0.321 e. The molecule has 1 saturated heterocycles. The lowest BCUT2D eigenvalue weighted by Gasteiger charge is -2.19. The molecule has 0 unspecified atom stereocenters. The molecule has 0 bridgehead atoms. The fourth-order valence-electron chi connectivity index (χ4n) is 3.38. The summed E-state index contributed by atoms with van der Waals surface area (Å²) in [6.07, 6.45) is 0. The number of nitrogens with zero attached hydrogens (tertiary/aromatic N) is 2. The fourth-order valence-corrected chi connectivity index (χ4v) is 4.62. The molecule has 1 aliphatic heterocycles. The normalized spacial score (nSPS) is 13.5. The van der Waals surface area contributed by atoms with Crippen LogP contribution >= 0.6 is 0 Å². The van der Waals surface area contributed by atoms with E-state index >= 15 is 0 Å². The van der Waals surface area contributed by atoms with Crippen molar-refractivity contribution in [2.45, 2.75) is 4.90 Å². The highest BCUT2D eigenvalue weighted by atomic mass is 32.2. The first-order valence-electron chi connectivity index (χ1n) is 9.97. The first kappa shape index (κ1) is 21.4. The van der Waals surface area contributed by atoms with E-state index in [-0.39, 0.29) is 16.5 Å². The lowest BCUT2D eigenvalue weighted by atomic mass is 10.2. The number of carbonyl (C=O) groups is 2. The summed E-state index contributed by atoms with van der Waals surface area (Å²) < 4.78 is 27.2. The number of nitrogens with one attached hydrogen (secondary N) is 2. The molecular weight excluding hydrogens is 428 g/mol. The third-order valence-electron chi connectivity index (χ3n) is 5.17. The van der Waals surface area contributed by atoms with Crippen LogP contribution in [0.4, 0.5) is 21.9 Å². The summed E-state index contributed by atoms with van der Waals surface area (Å²) >= 11 is 0. The van der Waals surface area contributed by atoms with E-state index in [0.29, 0.717) is 24.5 Å². The number of carbonyl (C=O) groups excluding carboxylic acids is 2. The molecule has 3 aromatic rings. The molecule has 4 rings (SSSR count). The SMILES string of the molecule is CN(c1ccccc1)S(=O)(=O)c1cccc(C(=O)Nc2ccc(N3CCNC3=O)cc2)c1. The Morgan fingerprint density at radius 3 is 2.38 bits per heavy atom. The van der Waals surface area contributed by atoms with Gasteiger partial charge >= 0.3 is 6.03 Å². The van der Waals surface area contributed by atoms with Crippen molar-refractivity contribution in [3.63, 3.8) is 0 Å². The molecule has 3 aromatic carbocycles. The summed E-state index contributed by atoms with van der Waals surface area (Å²) in [4.78, 5) is 26.1. The molecule has 1 aliphatic rings. The molecule has 0 aliphatic carbocycles. The standard InChI is InChI=1S/C23H22N4O4S/c1-26(19-7-3-2-4-8-19)32(30,31)21-9-5-6-17(16-21)22(28)25-18-10-12-20(13-11-18)27-15-14-24-23(27)29/h2-13,16H,14-15H2,1H3,(H,24,29)(H,25,28). The Bertz CT molecular complexity index is 1240. The van der Waals surface area contributed by atoms with Crippen molar-refractivity contribution in [1.82, 2.24) is 5.32 Å². The van der Waals surface area contributed by atoms with Crippen molar-refractivity contribution >= 4 is 39.0 Å². The fraction of sp³-hybridized carbons (Fsp3) is 0.130. The molecule has 0 saturated carbocycles. The molecule has 164 valence electrons. The van der Waals surface area contributed by atoms with Gasteiger partial charge in [-0.2, -0.15) is 0 Å². The minimum absolute atomic E-state index is 0.0203. The Kier molecular flexibility index (Phi) is 5.83. The first-order valence-corrected chi connectivity index (χ1v) is 11.4. The summed E-state index contributed by atoms with van der Waals surface area (Å²) in [6, 6.07) is 21.4. The molecule has 3 amide bonds. The Morgan fingerprint density at radius 1 is 1.00 bits per heavy atom. The molecule has 8 nitrogen and oxygen atoms in total. The molecule has 1 fully saturated rings. The van der Waals surface area contributed by atoms with E-state index in [1.54, 1.807) is 65.6 Å². The van der Waals surface area contributed by atoms with E-state index in [1.807, 2.05) is 0 Å². The van der Waals surface area contributed by atoms with Crippen LogP contribution in [0, 0.1) is 0 Å². The second kappa shape index (κ2) is 8.72. The second-order valence-electron chi connectivity index (χ2n) is 7.22. The zero-order valence-corrected chi connectivity index (χ0v) is 18.2. The van der Waals surface area contributed by atoms with Crippen LogP contribution in [-0.2, 0) is 10.0 Å². The molecule has 32 heavy (non-hydrogen) atoms. The molecular formula is C23H22N4O4S. The van der Waals surface area contributed by atoms with E-state index in [2.05, 4.69) is 10.6 Å². The van der Waals surface area contributed by atoms with Crippen LogP contribution in [0.25, 0.3) is 0 Å². The zero-order valence-electron chi connectivity index (χ0n) is 17.4. The summed E-state index contributed by atoms with van der Waals surface area (Å²) in [5, 5.41) is 5.50. The molecule has 9 heteroatoms. The quantitative estimate of drug-likeness (QED) is 0.602. The van der Waals surface area contributed by atoms with Gasteiger partial charge in [-0.1, -0.05) is 24.3 Å². The molecule has 1 heterocycles. The highest BCUT2D eigenvalue weighted by molar-refractivity contribution is 7.92. The maximum absolute atomic E-state index is 13.0. The number of sulfonamides is 1. The summed E-state index contributed by atoms with van der Waals surface area (Å²) in [5.41, 5.74) is 2.01. The number of amides is 3. The number of rotatable bonds is 6. The first-order chi connectivity index (χ1) is 15.4. The summed E-state index contributed by atoms with van der Waals surface area (Å²) in [5.74, 6) is -0.434. The molecule has 2 N–H and O–H groups in total. The van der Waals surface area contributed by atoms with Gasteiger partial charge in [-0.25, -0.2) is 13.2 Å². The minimum atomic E-state index is -3.83. The van der Waals surface area contributed by atoms with Crippen LogP contribution < -0.4 is 19.8 Å². The minimum Gasteiger partial charge on any atom is -0.336 e. The van der Waals surface area contributed by atoms with Crippen LogP contribution in [-0.4, -0.2) is 40.5 Å². The van der Waals surface area contributed by atoms with E-state index in [4.69, 9.17) is 0 Å². The van der Waals surface area contributed by atoms with E-state index in [9.17, 15) is 18.0 Å². The lowest BCUT2D eigenvalue weighted by molar-refractivity contribution is 0.102. The largest absolute Gasteiger partial charge is 0.336 e. The average Bonchev–Trinajstić information content (AvgIpc) is 3.25. The summed E-state index contributed by atoms with van der Waals surface area (Å²) in [6.45, 7) is 1.18. The van der Waals surface area contributed by atoms with Crippen molar-refractivity contribution in [3.05, 3.63) is 84.4 Å². The third-order valence-corrected chi connectivity index (χ3v) is 6.95. The monoisotopic (exact) mass is 450 g/mol. The highest BCUT2D eigenvalue weighted by Crippen LogP contribution is 2.23. The van der Waals surface area contributed by atoms with Gasteiger partial charge in [0, 0.05) is 37.1 Å². The van der Waals surface area contributed by atoms with Gasteiger partial charge in [0.2, 0.25) is 0 Å². The third kappa shape index (κ3) is 4.28. The number of hydrogen-bond donors (Lipinski definition) is 2. The van der Waals surface area contributed by atoms with Crippen LogP contribution in [0.2, 0.25) is 0 Å². The van der Waals surface area contributed by atoms with Crippen LogP contribution in [0.3, 0.4) is 0 Å². The lowest BCUT2D eigenvalue weighted by Crippen LogP contribution is -2.27. The van der Waals surface area contributed by atoms with Gasteiger partial charge < -0.3 is 10.6 Å². The number of para-hydroxylation sites is 1. The van der Waals surface area contributed by atoms with Crippen molar-refractivity contribution < 1.29 is 18.0 Å². The number of hydrogen-bond acceptors (Lipinski definition) is 4. The number of anilines is 3. The molecule has 0 spiro atoms. The molecule has 0 radical (unpaired) electrons. The molecule has 0 atom stereocenters. The Balaban J connectivity index is 1.50. The zero-order chi connectivity index (χ0) is 22.7. The van der Waals surface area contributed by atoms with Crippen molar-refractivity contribution in [2.75, 3.05) is 34.7 Å². The van der Waals surface area contributed by atoms with Crippen molar-refractivity contribution in [3.8, 4) is 0 Å². The van der Waals surface area contributed by atoms with Crippen molar-refractivity contribution in [1.29, 1.82) is 0 Å². The summed E-state index contributed by atoms with van der Waals surface area (Å²) in [7, 11) is -2.36. The Morgan fingerprint density at radius 2 is 1.72 bits per heavy atom. The van der Waals surface area contributed by atoms with Crippen molar-refractivity contribution in [2.24, 2.45) is 0 Å². The van der Waals surface area contributed by atoms with Gasteiger partial charge in [0.15, 0.2) is 0 Å². The van der Waals surface area contributed by atoms with E-state index in [0.717, 1.165) is 5.69 Å². The predicted molar refractivity (Wildman–Crippen MR) is 124 cm³/mol. The van der Waals surface area contributed by atoms with Gasteiger partial charge in [0.25, 0.3) is 15.9 Å². The van der Waals surface area contributed by atoms with Gasteiger partial charge in [-0.15, -0.1) is 0 Å². The Labute approximate surface area is 186 Å². The smallest absolute Gasteiger partial charge is 0.321 e. The van der Waals surface area contributed by atoms with Crippen LogP contribution in [0.5, 0.6) is 0 Å². The highest BCUT2D eigenvalue weighted by Gasteiger charge is 2.23. The van der Waals surface area contributed by atoms with Gasteiger partial charge in [0.1, 0.15) is 0 Å². The molecule has 0 aromatic heterocycles. The van der Waals surface area contributed by atoms with Gasteiger partial charge in [0.05, 0.1) is 10.6 Å². The number of urea groups is 1. The van der Waals surface area contributed by atoms with Gasteiger partial charge in [-0.3, -0.25) is 14.0 Å². The topological polar surface area (TPSA) is 98.8 Å². The second-order valence-corrected chi connectivity index (χ2v) is 9.19. The van der Waals surface area contributed by atoms with Crippen LogP contribution in [0.15, 0.2) is 83.8 Å². The Hall–Kier alpha value is -3.85. The average molecular weight is 451 g/mol. The van der Waals surface area contributed by atoms with Crippen LogP contribution in [0.1, 0.15) is 10.4 Å². The van der Waals surface area contributed by atoms with E-state index in [1.165, 1.54) is 29.6 Å². The van der Waals surface area contributed by atoms with Gasteiger partial charge in [-0.05, 0) is 54.6 Å². The van der Waals surface area contributed by atoms with E-state index < -0.39 is 15.9 Å². The number of benzene rings is 3.